The van der Waals surface area contributed by atoms with Gasteiger partial charge in [-0.25, -0.2) is 8.42 Å². The van der Waals surface area contributed by atoms with Crippen molar-refractivity contribution in [2.24, 2.45) is 0 Å². The summed E-state index contributed by atoms with van der Waals surface area (Å²) in [7, 11) is -2.11. The van der Waals surface area contributed by atoms with Crippen LogP contribution < -0.4 is 9.47 Å². The molecule has 6 nitrogen and oxygen atoms in total. The minimum Gasteiger partial charge on any atom is -0.495 e. The number of piperidine rings is 1. The monoisotopic (exact) mass is 388 g/mol. The predicted octanol–water partition coefficient (Wildman–Crippen LogP) is 3.16. The molecule has 3 heterocycles. The number of pyridine rings is 1. The van der Waals surface area contributed by atoms with Crippen molar-refractivity contribution < 1.29 is 17.9 Å². The summed E-state index contributed by atoms with van der Waals surface area (Å²) in [5.74, 6) is 1.13. The first-order valence-corrected chi connectivity index (χ1v) is 10.7. The van der Waals surface area contributed by atoms with Gasteiger partial charge in [0.15, 0.2) is 0 Å². The van der Waals surface area contributed by atoms with E-state index >= 15 is 0 Å². The molecule has 1 aromatic carbocycles. The van der Waals surface area contributed by atoms with Crippen molar-refractivity contribution in [2.75, 3.05) is 7.11 Å². The van der Waals surface area contributed by atoms with E-state index in [9.17, 15) is 8.42 Å². The molecule has 144 valence electrons. The van der Waals surface area contributed by atoms with Gasteiger partial charge in [0, 0.05) is 31.1 Å². The van der Waals surface area contributed by atoms with Crippen molar-refractivity contribution in [1.29, 1.82) is 0 Å². The topological polar surface area (TPSA) is 68.7 Å². The molecule has 2 aliphatic rings. The molecule has 2 bridgehead atoms. The number of fused-ring (bicyclic) bond motifs is 2. The largest absolute Gasteiger partial charge is 0.495 e. The number of benzene rings is 1. The second kappa shape index (κ2) is 7.13. The van der Waals surface area contributed by atoms with E-state index in [0.29, 0.717) is 18.6 Å². The number of methoxy groups -OCH3 is 1. The summed E-state index contributed by atoms with van der Waals surface area (Å²) in [6, 6.07) is 8.93. The number of rotatable bonds is 5. The van der Waals surface area contributed by atoms with E-state index in [1.165, 1.54) is 7.11 Å². The van der Waals surface area contributed by atoms with Crippen LogP contribution in [0.4, 0.5) is 0 Å². The van der Waals surface area contributed by atoms with Crippen LogP contribution >= 0.6 is 0 Å². The molecule has 0 spiro atoms. The maximum absolute atomic E-state index is 13.4. The van der Waals surface area contributed by atoms with Crippen LogP contribution in [0.15, 0.2) is 47.6 Å². The van der Waals surface area contributed by atoms with Crippen molar-refractivity contribution >= 4 is 10.0 Å². The summed E-state index contributed by atoms with van der Waals surface area (Å²) in [5, 5.41) is 0. The molecule has 2 aromatic rings. The number of aromatic nitrogens is 1. The fourth-order valence-electron chi connectivity index (χ4n) is 4.28. The molecule has 27 heavy (non-hydrogen) atoms. The molecular formula is C20H24N2O4S. The lowest BCUT2D eigenvalue weighted by atomic mass is 10.0. The highest BCUT2D eigenvalue weighted by Crippen LogP contribution is 2.42. The fraction of sp³-hybridized carbons (Fsp3) is 0.450. The van der Waals surface area contributed by atoms with Crippen LogP contribution in [0.2, 0.25) is 0 Å². The maximum Gasteiger partial charge on any atom is 0.247 e. The Hall–Kier alpha value is -2.12. The quantitative estimate of drug-likeness (QED) is 0.787. The molecule has 2 atom stereocenters. The standard InChI is InChI=1S/C20H24N2O4S/c1-14-5-8-19(25-2)20(10-14)27(23,24)22-15-6-7-16(22)12-18(11-15)26-17-4-3-9-21-13-17/h3-5,8-10,13,15-16,18H,6-7,11-12H2,1-2H3. The summed E-state index contributed by atoms with van der Waals surface area (Å²) in [4.78, 5) is 4.34. The molecular weight excluding hydrogens is 364 g/mol. The second-order valence-corrected chi connectivity index (χ2v) is 9.09. The Morgan fingerprint density at radius 2 is 1.89 bits per heavy atom. The molecule has 1 aromatic heterocycles. The SMILES string of the molecule is COc1ccc(C)cc1S(=O)(=O)N1C2CCC1CC(Oc1cccnc1)C2. The van der Waals surface area contributed by atoms with Gasteiger partial charge in [0.2, 0.25) is 10.0 Å². The van der Waals surface area contributed by atoms with Crippen molar-refractivity contribution in [3.8, 4) is 11.5 Å². The zero-order chi connectivity index (χ0) is 19.0. The molecule has 0 saturated carbocycles. The summed E-state index contributed by atoms with van der Waals surface area (Å²) in [6.45, 7) is 1.89. The molecule has 0 amide bonds. The third-order valence-corrected chi connectivity index (χ3v) is 7.46. The van der Waals surface area contributed by atoms with Gasteiger partial charge < -0.3 is 9.47 Å². The lowest BCUT2D eigenvalue weighted by Crippen LogP contribution is -2.49. The van der Waals surface area contributed by atoms with Crippen molar-refractivity contribution in [3.63, 3.8) is 0 Å². The van der Waals surface area contributed by atoms with E-state index in [2.05, 4.69) is 4.98 Å². The number of hydrogen-bond acceptors (Lipinski definition) is 5. The molecule has 7 heteroatoms. The first-order valence-electron chi connectivity index (χ1n) is 9.24. The highest BCUT2D eigenvalue weighted by atomic mass is 32.2. The Bertz CT molecular complexity index is 903. The van der Waals surface area contributed by atoms with E-state index in [1.54, 1.807) is 28.8 Å². The third-order valence-electron chi connectivity index (χ3n) is 5.43. The van der Waals surface area contributed by atoms with E-state index < -0.39 is 10.0 Å². The average Bonchev–Trinajstić information content (AvgIpc) is 2.95. The summed E-state index contributed by atoms with van der Waals surface area (Å²) in [6.07, 6.45) is 6.54. The molecule has 0 aliphatic carbocycles. The van der Waals surface area contributed by atoms with Crippen LogP contribution in [0.3, 0.4) is 0 Å². The zero-order valence-corrected chi connectivity index (χ0v) is 16.4. The first kappa shape index (κ1) is 18.3. The summed E-state index contributed by atoms with van der Waals surface area (Å²) >= 11 is 0. The van der Waals surface area contributed by atoms with E-state index in [0.717, 1.165) is 24.2 Å². The van der Waals surface area contributed by atoms with Gasteiger partial charge in [0.25, 0.3) is 0 Å². The molecule has 4 rings (SSSR count). The Labute approximate surface area is 160 Å². The highest BCUT2D eigenvalue weighted by Gasteiger charge is 2.48. The van der Waals surface area contributed by atoms with Gasteiger partial charge in [-0.1, -0.05) is 6.07 Å². The minimum absolute atomic E-state index is 0.0116. The average molecular weight is 388 g/mol. The van der Waals surface area contributed by atoms with E-state index in [1.807, 2.05) is 25.1 Å². The fourth-order valence-corrected chi connectivity index (χ4v) is 6.42. The van der Waals surface area contributed by atoms with Crippen LogP contribution in [0.25, 0.3) is 0 Å². The van der Waals surface area contributed by atoms with Crippen LogP contribution in [0.1, 0.15) is 31.2 Å². The predicted molar refractivity (Wildman–Crippen MR) is 101 cm³/mol. The highest BCUT2D eigenvalue weighted by molar-refractivity contribution is 7.89. The van der Waals surface area contributed by atoms with E-state index in [-0.39, 0.29) is 23.1 Å². The Morgan fingerprint density at radius 3 is 2.52 bits per heavy atom. The van der Waals surface area contributed by atoms with Gasteiger partial charge in [-0.2, -0.15) is 4.31 Å². The molecule has 0 radical (unpaired) electrons. The lowest BCUT2D eigenvalue weighted by molar-refractivity contribution is 0.0952. The van der Waals surface area contributed by atoms with Crippen LogP contribution in [-0.4, -0.2) is 43.0 Å². The second-order valence-electron chi connectivity index (χ2n) is 7.27. The molecule has 2 saturated heterocycles. The van der Waals surface area contributed by atoms with Crippen LogP contribution in [0.5, 0.6) is 11.5 Å². The Morgan fingerprint density at radius 1 is 1.15 bits per heavy atom. The molecule has 2 fully saturated rings. The third kappa shape index (κ3) is 3.41. The Balaban J connectivity index is 1.58. The smallest absolute Gasteiger partial charge is 0.247 e. The number of hydrogen-bond donors (Lipinski definition) is 0. The summed E-state index contributed by atoms with van der Waals surface area (Å²) in [5.41, 5.74) is 0.900. The van der Waals surface area contributed by atoms with E-state index in [4.69, 9.17) is 9.47 Å². The van der Waals surface area contributed by atoms with Crippen molar-refractivity contribution in [3.05, 3.63) is 48.3 Å². The number of aryl methyl sites for hydroxylation is 1. The molecule has 0 N–H and O–H groups in total. The van der Waals surface area contributed by atoms with Gasteiger partial charge in [0.05, 0.1) is 13.3 Å². The van der Waals surface area contributed by atoms with Crippen molar-refractivity contribution in [2.45, 2.75) is 55.7 Å². The van der Waals surface area contributed by atoms with Crippen molar-refractivity contribution in [1.82, 2.24) is 9.29 Å². The van der Waals surface area contributed by atoms with Gasteiger partial charge in [-0.3, -0.25) is 4.98 Å². The Kier molecular flexibility index (Phi) is 4.82. The molecule has 2 aliphatic heterocycles. The number of ether oxygens (including phenoxy) is 2. The van der Waals surface area contributed by atoms with Gasteiger partial charge in [-0.05, 0) is 49.6 Å². The summed E-state index contributed by atoms with van der Waals surface area (Å²) < 4.78 is 40.0. The first-order chi connectivity index (χ1) is 13.0. The van der Waals surface area contributed by atoms with Gasteiger partial charge in [-0.15, -0.1) is 0 Å². The minimum atomic E-state index is -3.62. The van der Waals surface area contributed by atoms with Crippen LogP contribution in [-0.2, 0) is 10.0 Å². The lowest BCUT2D eigenvalue weighted by Gasteiger charge is -2.38. The van der Waals surface area contributed by atoms with Crippen LogP contribution in [0, 0.1) is 6.92 Å². The van der Waals surface area contributed by atoms with Gasteiger partial charge in [0.1, 0.15) is 22.5 Å². The van der Waals surface area contributed by atoms with Gasteiger partial charge >= 0.3 is 0 Å². The normalized spacial score (nSPS) is 25.3. The maximum atomic E-state index is 13.4. The number of nitrogens with zero attached hydrogens (tertiary/aromatic N) is 2. The number of sulfonamides is 1. The zero-order valence-electron chi connectivity index (χ0n) is 15.5. The molecule has 2 unspecified atom stereocenters.